The summed E-state index contributed by atoms with van der Waals surface area (Å²) in [6.45, 7) is 0. The maximum absolute atomic E-state index is 9.85. The molecule has 0 saturated carbocycles. The van der Waals surface area contributed by atoms with Crippen molar-refractivity contribution in [3.8, 4) is 5.75 Å². The number of hydrogen-bond acceptors (Lipinski definition) is 3. The van der Waals surface area contributed by atoms with E-state index in [9.17, 15) is 10.3 Å². The molecule has 2 rings (SSSR count). The fourth-order valence-corrected chi connectivity index (χ4v) is 1.35. The van der Waals surface area contributed by atoms with Crippen molar-refractivity contribution in [3.63, 3.8) is 0 Å². The van der Waals surface area contributed by atoms with Gasteiger partial charge < -0.3 is 5.11 Å². The first kappa shape index (κ1) is 9.55. The molecule has 0 amide bonds. The molecule has 0 atom stereocenters. The molecule has 0 bridgehead atoms. The molecule has 15 heavy (non-hydrogen) atoms. The summed E-state index contributed by atoms with van der Waals surface area (Å²) in [5.74, 6) is 0.0452. The molecule has 2 aromatic rings. The third-order valence-electron chi connectivity index (χ3n) is 2.11. The fourth-order valence-electron chi connectivity index (χ4n) is 1.35. The summed E-state index contributed by atoms with van der Waals surface area (Å²) >= 11 is 0. The summed E-state index contributed by atoms with van der Waals surface area (Å²) in [5.41, 5.74) is 0.975. The van der Waals surface area contributed by atoms with Crippen LogP contribution >= 0.6 is 0 Å². The zero-order chi connectivity index (χ0) is 10.7. The minimum absolute atomic E-state index is 0.0452. The molecule has 3 heteroatoms. The molecule has 0 unspecified atom stereocenters. The van der Waals surface area contributed by atoms with E-state index < -0.39 is 0 Å². The number of anilines is 2. The van der Waals surface area contributed by atoms with Crippen LogP contribution in [-0.2, 0) is 0 Å². The molecule has 3 nitrogen and oxygen atoms in total. The molecule has 0 aliphatic carbocycles. The monoisotopic (exact) mass is 201 g/mol. The van der Waals surface area contributed by atoms with Gasteiger partial charge in [0.05, 0.1) is 5.69 Å². The highest BCUT2D eigenvalue weighted by molar-refractivity contribution is 5.65. The van der Waals surface area contributed by atoms with E-state index in [-0.39, 0.29) is 5.75 Å². The highest BCUT2D eigenvalue weighted by Crippen LogP contribution is 2.30. The summed E-state index contributed by atoms with van der Waals surface area (Å²) < 4.78 is 0. The fraction of sp³-hybridized carbons (Fsp3) is 0. The lowest BCUT2D eigenvalue weighted by atomic mass is 10.2. The quantitative estimate of drug-likeness (QED) is 0.734. The van der Waals surface area contributed by atoms with Gasteiger partial charge in [0.15, 0.2) is 0 Å². The number of hydrogen-bond donors (Lipinski definition) is 2. The van der Waals surface area contributed by atoms with E-state index in [4.69, 9.17) is 0 Å². The predicted molar refractivity (Wildman–Crippen MR) is 58.5 cm³/mol. The van der Waals surface area contributed by atoms with Crippen molar-refractivity contribution in [2.24, 2.45) is 0 Å². The molecule has 0 fully saturated rings. The molecule has 0 aromatic heterocycles. The van der Waals surface area contributed by atoms with E-state index in [0.717, 1.165) is 5.06 Å². The number of aromatic hydroxyl groups is 1. The molecular weight excluding hydrogens is 190 g/mol. The number of benzene rings is 2. The molecule has 0 heterocycles. The van der Waals surface area contributed by atoms with Crippen LogP contribution in [0, 0.1) is 0 Å². The van der Waals surface area contributed by atoms with Crippen LogP contribution in [0.3, 0.4) is 0 Å². The van der Waals surface area contributed by atoms with E-state index in [1.807, 2.05) is 18.2 Å². The average Bonchev–Trinajstić information content (AvgIpc) is 2.30. The van der Waals surface area contributed by atoms with Crippen LogP contribution in [0.15, 0.2) is 54.6 Å². The van der Waals surface area contributed by atoms with Crippen molar-refractivity contribution in [3.05, 3.63) is 54.6 Å². The van der Waals surface area contributed by atoms with Crippen LogP contribution in [0.25, 0.3) is 0 Å². The van der Waals surface area contributed by atoms with Gasteiger partial charge in [-0.2, -0.15) is 0 Å². The van der Waals surface area contributed by atoms with Gasteiger partial charge in [0.25, 0.3) is 0 Å². The molecular formula is C12H11NO2. The highest BCUT2D eigenvalue weighted by Gasteiger charge is 2.08. The van der Waals surface area contributed by atoms with Gasteiger partial charge in [0.1, 0.15) is 11.4 Å². The lowest BCUT2D eigenvalue weighted by molar-refractivity contribution is 0.296. The normalized spacial score (nSPS) is 9.93. The Balaban J connectivity index is 2.37. The van der Waals surface area contributed by atoms with Crippen LogP contribution < -0.4 is 5.06 Å². The zero-order valence-electron chi connectivity index (χ0n) is 8.04. The van der Waals surface area contributed by atoms with Crippen LogP contribution in [0.2, 0.25) is 0 Å². The van der Waals surface area contributed by atoms with Gasteiger partial charge in [-0.15, -0.1) is 0 Å². The van der Waals surface area contributed by atoms with E-state index in [2.05, 4.69) is 0 Å². The van der Waals surface area contributed by atoms with Crippen molar-refractivity contribution in [1.29, 1.82) is 0 Å². The van der Waals surface area contributed by atoms with E-state index in [1.165, 1.54) is 6.07 Å². The first-order valence-electron chi connectivity index (χ1n) is 4.61. The lowest BCUT2D eigenvalue weighted by Crippen LogP contribution is -2.10. The molecule has 76 valence electrons. The first-order chi connectivity index (χ1) is 7.29. The summed E-state index contributed by atoms with van der Waals surface area (Å²) in [6.07, 6.45) is 0. The van der Waals surface area contributed by atoms with Crippen molar-refractivity contribution >= 4 is 11.4 Å². The van der Waals surface area contributed by atoms with Crippen molar-refractivity contribution in [2.75, 3.05) is 5.06 Å². The maximum Gasteiger partial charge on any atom is 0.141 e. The summed E-state index contributed by atoms with van der Waals surface area (Å²) in [5, 5.41) is 20.3. The van der Waals surface area contributed by atoms with Crippen molar-refractivity contribution in [2.45, 2.75) is 0 Å². The second-order valence-electron chi connectivity index (χ2n) is 3.14. The number of nitrogens with zero attached hydrogens (tertiary/aromatic N) is 1. The SMILES string of the molecule is Oc1ccccc1N(O)c1ccccc1. The molecule has 2 N–H and O–H groups in total. The Morgan fingerprint density at radius 3 is 2.07 bits per heavy atom. The maximum atomic E-state index is 9.85. The largest absolute Gasteiger partial charge is 0.506 e. The van der Waals surface area contributed by atoms with Gasteiger partial charge in [-0.1, -0.05) is 30.3 Å². The van der Waals surface area contributed by atoms with Gasteiger partial charge in [0.2, 0.25) is 0 Å². The number of phenols is 1. The van der Waals surface area contributed by atoms with E-state index >= 15 is 0 Å². The topological polar surface area (TPSA) is 43.7 Å². The number of rotatable bonds is 2. The molecule has 0 radical (unpaired) electrons. The third kappa shape index (κ3) is 1.92. The van der Waals surface area contributed by atoms with Crippen molar-refractivity contribution in [1.82, 2.24) is 0 Å². The first-order valence-corrected chi connectivity index (χ1v) is 4.61. The Kier molecular flexibility index (Phi) is 2.56. The molecule has 2 aromatic carbocycles. The lowest BCUT2D eigenvalue weighted by Gasteiger charge is -2.17. The third-order valence-corrected chi connectivity index (χ3v) is 2.11. The van der Waals surface area contributed by atoms with Crippen molar-refractivity contribution < 1.29 is 10.3 Å². The second kappa shape index (κ2) is 4.02. The van der Waals surface area contributed by atoms with Gasteiger partial charge >= 0.3 is 0 Å². The van der Waals surface area contributed by atoms with E-state index in [1.54, 1.807) is 30.3 Å². The van der Waals surface area contributed by atoms with E-state index in [0.29, 0.717) is 11.4 Å². The van der Waals surface area contributed by atoms with Gasteiger partial charge in [0, 0.05) is 0 Å². The standard InChI is InChI=1S/C12H11NO2/c14-12-9-5-4-8-11(12)13(15)10-6-2-1-3-7-10/h1-9,14-15H. The Hall–Kier alpha value is -2.00. The van der Waals surface area contributed by atoms with Crippen LogP contribution in [0.1, 0.15) is 0 Å². The molecule has 0 aliphatic heterocycles. The Morgan fingerprint density at radius 1 is 0.800 bits per heavy atom. The van der Waals surface area contributed by atoms with Gasteiger partial charge in [-0.05, 0) is 24.3 Å². The predicted octanol–water partition coefficient (Wildman–Crippen LogP) is 2.92. The molecule has 0 spiro atoms. The van der Waals surface area contributed by atoms with Gasteiger partial charge in [-0.3, -0.25) is 5.21 Å². The highest BCUT2D eigenvalue weighted by atomic mass is 16.5. The molecule has 0 saturated heterocycles. The Bertz CT molecular complexity index is 442. The molecule has 0 aliphatic rings. The summed E-state index contributed by atoms with van der Waals surface area (Å²) in [7, 11) is 0. The smallest absolute Gasteiger partial charge is 0.141 e. The van der Waals surface area contributed by atoms with Gasteiger partial charge in [-0.25, -0.2) is 5.06 Å². The Labute approximate surface area is 87.8 Å². The summed E-state index contributed by atoms with van der Waals surface area (Å²) in [4.78, 5) is 0. The number of phenolic OH excluding ortho intramolecular Hbond substituents is 1. The second-order valence-corrected chi connectivity index (χ2v) is 3.14. The summed E-state index contributed by atoms with van der Waals surface area (Å²) in [6, 6.07) is 15.6. The van der Waals surface area contributed by atoms with Crippen LogP contribution in [0.4, 0.5) is 11.4 Å². The average molecular weight is 201 g/mol. The Morgan fingerprint density at radius 2 is 1.40 bits per heavy atom. The minimum atomic E-state index is 0.0452. The zero-order valence-corrected chi connectivity index (χ0v) is 8.04. The number of para-hydroxylation sites is 3. The minimum Gasteiger partial charge on any atom is -0.506 e. The van der Waals surface area contributed by atoms with Crippen LogP contribution in [-0.4, -0.2) is 10.3 Å². The van der Waals surface area contributed by atoms with Crippen LogP contribution in [0.5, 0.6) is 5.75 Å².